The number of thioether (sulfide) groups is 1. The summed E-state index contributed by atoms with van der Waals surface area (Å²) in [7, 11) is 0. The van der Waals surface area contributed by atoms with Crippen molar-refractivity contribution in [3.63, 3.8) is 0 Å². The van der Waals surface area contributed by atoms with Gasteiger partial charge in [0.2, 0.25) is 0 Å². The van der Waals surface area contributed by atoms with Crippen LogP contribution in [0.25, 0.3) is 0 Å². The summed E-state index contributed by atoms with van der Waals surface area (Å²) in [4.78, 5) is 4.61. The molecule has 5 heteroatoms. The van der Waals surface area contributed by atoms with E-state index in [1.165, 1.54) is 30.0 Å². The van der Waals surface area contributed by atoms with Gasteiger partial charge < -0.3 is 10.3 Å². The van der Waals surface area contributed by atoms with Gasteiger partial charge in [-0.15, -0.1) is 0 Å². The molecule has 2 aliphatic heterocycles. The number of nitrogens with zero attached hydrogens (tertiary/aromatic N) is 2. The Morgan fingerprint density at radius 2 is 2.06 bits per heavy atom. The molecule has 94 valence electrons. The van der Waals surface area contributed by atoms with Crippen molar-refractivity contribution >= 4 is 23.4 Å². The maximum Gasteiger partial charge on any atom is 0.150 e. The molecule has 0 bridgehead atoms. The van der Waals surface area contributed by atoms with E-state index in [0.717, 1.165) is 25.1 Å². The van der Waals surface area contributed by atoms with Crippen LogP contribution < -0.4 is 5.73 Å². The summed E-state index contributed by atoms with van der Waals surface area (Å²) in [5.41, 5.74) is 7.39. The molecule has 3 rings (SSSR count). The molecule has 17 heavy (non-hydrogen) atoms. The van der Waals surface area contributed by atoms with E-state index in [1.54, 1.807) is 0 Å². The molecular weight excluding hydrogens is 254 g/mol. The van der Waals surface area contributed by atoms with E-state index in [2.05, 4.69) is 9.55 Å². The van der Waals surface area contributed by atoms with Crippen LogP contribution in [0.15, 0.2) is 0 Å². The van der Waals surface area contributed by atoms with Crippen molar-refractivity contribution in [2.75, 3.05) is 11.5 Å². The minimum atomic E-state index is 0.0864. The van der Waals surface area contributed by atoms with Crippen molar-refractivity contribution < 1.29 is 0 Å². The third-order valence-electron chi connectivity index (χ3n) is 3.82. The van der Waals surface area contributed by atoms with Gasteiger partial charge in [0, 0.05) is 5.92 Å². The molecule has 3 heterocycles. The normalized spacial score (nSPS) is 25.9. The number of fused-ring (bicyclic) bond motifs is 1. The summed E-state index contributed by atoms with van der Waals surface area (Å²) < 4.78 is 2.23. The van der Waals surface area contributed by atoms with E-state index in [-0.39, 0.29) is 6.17 Å². The third-order valence-corrected chi connectivity index (χ3v) is 5.17. The number of nitrogens with two attached hydrogens (primary N) is 1. The minimum Gasteiger partial charge on any atom is -0.314 e. The van der Waals surface area contributed by atoms with E-state index in [9.17, 15) is 0 Å². The fourth-order valence-corrected chi connectivity index (χ4v) is 4.28. The fraction of sp³-hybridized carbons (Fsp3) is 0.750. The second-order valence-electron chi connectivity index (χ2n) is 4.92. The van der Waals surface area contributed by atoms with E-state index >= 15 is 0 Å². The zero-order chi connectivity index (χ0) is 11.8. The molecule has 0 saturated carbocycles. The Hall–Kier alpha value is -0.190. The number of hydrogen-bond donors (Lipinski definition) is 1. The summed E-state index contributed by atoms with van der Waals surface area (Å²) in [6.07, 6.45) is 5.72. The highest BCUT2D eigenvalue weighted by Gasteiger charge is 2.29. The number of rotatable bonds is 1. The Kier molecular flexibility index (Phi) is 3.37. The second-order valence-corrected chi connectivity index (χ2v) is 6.51. The van der Waals surface area contributed by atoms with Crippen LogP contribution in [0.2, 0.25) is 5.15 Å². The molecule has 0 spiro atoms. The van der Waals surface area contributed by atoms with E-state index in [1.807, 2.05) is 11.8 Å². The predicted molar refractivity (Wildman–Crippen MR) is 72.7 cm³/mol. The van der Waals surface area contributed by atoms with Gasteiger partial charge in [0.15, 0.2) is 5.15 Å². The molecule has 0 radical (unpaired) electrons. The molecular formula is C12H18ClN3S. The van der Waals surface area contributed by atoms with Crippen molar-refractivity contribution in [1.29, 1.82) is 0 Å². The minimum absolute atomic E-state index is 0.0864. The van der Waals surface area contributed by atoms with Gasteiger partial charge in [-0.05, 0) is 43.6 Å². The van der Waals surface area contributed by atoms with Gasteiger partial charge in [-0.2, -0.15) is 11.8 Å². The topological polar surface area (TPSA) is 43.8 Å². The van der Waals surface area contributed by atoms with Crippen molar-refractivity contribution in [2.24, 2.45) is 5.73 Å². The monoisotopic (exact) mass is 271 g/mol. The van der Waals surface area contributed by atoms with Crippen molar-refractivity contribution in [3.8, 4) is 0 Å². The first-order chi connectivity index (χ1) is 8.27. The van der Waals surface area contributed by atoms with E-state index < -0.39 is 0 Å². The predicted octanol–water partition coefficient (Wildman–Crippen LogP) is 2.94. The number of halogens is 1. The maximum absolute atomic E-state index is 6.25. The van der Waals surface area contributed by atoms with E-state index in [0.29, 0.717) is 11.1 Å². The SMILES string of the molecule is NC1CCCc2c(Cl)nc(C3CCSCC3)n21. The van der Waals surface area contributed by atoms with Gasteiger partial charge in [-0.3, -0.25) is 0 Å². The third kappa shape index (κ3) is 2.11. The van der Waals surface area contributed by atoms with Crippen LogP contribution in [0, 0.1) is 0 Å². The Bertz CT molecular complexity index is 412. The molecule has 1 atom stereocenters. The van der Waals surface area contributed by atoms with Crippen LogP contribution >= 0.6 is 23.4 Å². The highest BCUT2D eigenvalue weighted by Crippen LogP contribution is 2.36. The van der Waals surface area contributed by atoms with Crippen molar-refractivity contribution in [2.45, 2.75) is 44.2 Å². The highest BCUT2D eigenvalue weighted by molar-refractivity contribution is 7.99. The molecule has 1 aromatic rings. The fourth-order valence-electron chi connectivity index (χ4n) is 2.90. The van der Waals surface area contributed by atoms with Gasteiger partial charge in [0.1, 0.15) is 5.82 Å². The van der Waals surface area contributed by atoms with Crippen LogP contribution in [-0.4, -0.2) is 21.1 Å². The Morgan fingerprint density at radius 1 is 1.29 bits per heavy atom. The van der Waals surface area contributed by atoms with Crippen molar-refractivity contribution in [1.82, 2.24) is 9.55 Å². The average Bonchev–Trinajstić information content (AvgIpc) is 2.70. The Labute approximate surface area is 111 Å². The van der Waals surface area contributed by atoms with Crippen LogP contribution in [0.5, 0.6) is 0 Å². The first-order valence-electron chi connectivity index (χ1n) is 6.37. The molecule has 0 amide bonds. The van der Waals surface area contributed by atoms with Gasteiger partial charge in [0.25, 0.3) is 0 Å². The summed E-state index contributed by atoms with van der Waals surface area (Å²) in [6, 6.07) is 0. The Morgan fingerprint density at radius 3 is 2.82 bits per heavy atom. The smallest absolute Gasteiger partial charge is 0.150 e. The lowest BCUT2D eigenvalue weighted by molar-refractivity contribution is 0.387. The van der Waals surface area contributed by atoms with Gasteiger partial charge >= 0.3 is 0 Å². The van der Waals surface area contributed by atoms with Gasteiger partial charge in [-0.1, -0.05) is 11.6 Å². The van der Waals surface area contributed by atoms with Gasteiger partial charge in [0.05, 0.1) is 11.9 Å². The van der Waals surface area contributed by atoms with Crippen LogP contribution in [0.3, 0.4) is 0 Å². The van der Waals surface area contributed by atoms with Crippen LogP contribution in [0.4, 0.5) is 0 Å². The first kappa shape index (κ1) is 11.9. The molecule has 3 nitrogen and oxygen atoms in total. The van der Waals surface area contributed by atoms with Crippen LogP contribution in [-0.2, 0) is 6.42 Å². The number of imidazole rings is 1. The molecule has 2 aliphatic rings. The zero-order valence-corrected chi connectivity index (χ0v) is 11.4. The Balaban J connectivity index is 1.98. The van der Waals surface area contributed by atoms with Crippen molar-refractivity contribution in [3.05, 3.63) is 16.7 Å². The molecule has 1 aromatic heterocycles. The largest absolute Gasteiger partial charge is 0.314 e. The summed E-state index contributed by atoms with van der Waals surface area (Å²) in [5.74, 6) is 4.18. The number of hydrogen-bond acceptors (Lipinski definition) is 3. The second kappa shape index (κ2) is 4.82. The summed E-state index contributed by atoms with van der Waals surface area (Å²) >= 11 is 8.29. The number of aromatic nitrogens is 2. The summed E-state index contributed by atoms with van der Waals surface area (Å²) in [5, 5.41) is 0.688. The zero-order valence-electron chi connectivity index (χ0n) is 9.86. The quantitative estimate of drug-likeness (QED) is 0.854. The lowest BCUT2D eigenvalue weighted by Gasteiger charge is -2.28. The molecule has 0 aromatic carbocycles. The molecule has 1 unspecified atom stereocenters. The summed E-state index contributed by atoms with van der Waals surface area (Å²) in [6.45, 7) is 0. The van der Waals surface area contributed by atoms with E-state index in [4.69, 9.17) is 17.3 Å². The molecule has 0 aliphatic carbocycles. The first-order valence-corrected chi connectivity index (χ1v) is 7.90. The lowest BCUT2D eigenvalue weighted by Crippen LogP contribution is -2.28. The molecule has 2 N–H and O–H groups in total. The maximum atomic E-state index is 6.25. The molecule has 1 fully saturated rings. The van der Waals surface area contributed by atoms with Gasteiger partial charge in [-0.25, -0.2) is 4.98 Å². The average molecular weight is 272 g/mol. The van der Waals surface area contributed by atoms with Crippen LogP contribution in [0.1, 0.15) is 49.3 Å². The standard InChI is InChI=1S/C12H18ClN3S/c13-11-9-2-1-3-10(14)16(9)12(15-11)8-4-6-17-7-5-8/h8,10H,1-7,14H2. The lowest BCUT2D eigenvalue weighted by atomic mass is 10.0. The molecule has 1 saturated heterocycles. The highest BCUT2D eigenvalue weighted by atomic mass is 35.5.